The molecule has 490 valence electrons. The van der Waals surface area contributed by atoms with Crippen molar-refractivity contribution in [2.45, 2.75) is 0 Å². The highest BCUT2D eigenvalue weighted by Gasteiger charge is 2.44. The minimum absolute atomic E-state index is 1.19. The van der Waals surface area contributed by atoms with Gasteiger partial charge < -0.3 is 8.80 Å². The standard InChI is InChI=1S/C102H64N2Si2/c1-7-31-65(32-8-1)105(66-33-9-2-10-34-66,67-35-11-3-12-36-67)71-55-57-93-89(59-71)97-99-91-61-85-81-51-27-23-47-77(81)73-43-19-22-46-76(73)80-50-26-30-54-84(80)88(85)64-96(91)104-94-58-56-72(106(68-37-13-4-14-38-68,69-39-15-5-16-40-69)70-41-17-6-18-42-70)60-90(94)98(102(99)104)100-92-62-86-82-52-28-24-48-78(82)74-44-20-21-45-75(74)79-49-25-29-53-83(79)87(86)63-95(92)103(93)101(97)100/h1-64H. The first-order valence-corrected chi connectivity index (χ1v) is 41.1. The second kappa shape index (κ2) is 22.6. The van der Waals surface area contributed by atoms with Crippen molar-refractivity contribution in [3.05, 3.63) is 388 Å². The molecule has 0 aliphatic heterocycles. The number of fused-ring (bicyclic) bond motifs is 30. The van der Waals surface area contributed by atoms with Gasteiger partial charge in [0.2, 0.25) is 0 Å². The average Bonchev–Trinajstić information content (AvgIpc) is 1.48. The molecule has 2 nitrogen and oxygen atoms in total. The van der Waals surface area contributed by atoms with Gasteiger partial charge in [0.25, 0.3) is 0 Å². The van der Waals surface area contributed by atoms with E-state index in [0.717, 1.165) is 0 Å². The fourth-order valence-corrected chi connectivity index (χ4v) is 29.5. The highest BCUT2D eigenvalue weighted by molar-refractivity contribution is 7.20. The Bertz CT molecular complexity index is 6540. The zero-order valence-corrected chi connectivity index (χ0v) is 59.8. The lowest BCUT2D eigenvalue weighted by Gasteiger charge is -2.34. The van der Waals surface area contributed by atoms with Gasteiger partial charge in [-0.1, -0.05) is 352 Å². The summed E-state index contributed by atoms with van der Waals surface area (Å²) in [6, 6.07) is 150. The molecule has 21 aromatic rings. The zero-order chi connectivity index (χ0) is 69.3. The summed E-state index contributed by atoms with van der Waals surface area (Å²) in [7, 11) is -6.22. The molecule has 0 bridgehead atoms. The smallest absolute Gasteiger partial charge is 0.179 e. The van der Waals surface area contributed by atoms with Crippen molar-refractivity contribution in [1.82, 2.24) is 8.80 Å². The quantitative estimate of drug-likeness (QED) is 0.106. The maximum absolute atomic E-state index is 3.11. The molecule has 0 radical (unpaired) electrons. The van der Waals surface area contributed by atoms with Crippen LogP contribution < -0.4 is 41.5 Å². The molecular formula is C102H64N2Si2. The highest BCUT2D eigenvalue weighted by Crippen LogP contribution is 2.57. The zero-order valence-electron chi connectivity index (χ0n) is 57.8. The van der Waals surface area contributed by atoms with Crippen LogP contribution in [0.1, 0.15) is 0 Å². The number of hydrogen-bond acceptors (Lipinski definition) is 0. The molecule has 4 heterocycles. The summed E-state index contributed by atoms with van der Waals surface area (Å²) < 4.78 is 5.46. The van der Waals surface area contributed by atoms with Gasteiger partial charge in [-0.3, -0.25) is 0 Å². The SMILES string of the molecule is c1ccc([Si](c2ccccc2)(c2ccccc2)c2ccc3c(c2)c2c4c5cc6c(cc5n5c7ccc([Si](c8ccccc8)(c8ccccc8)c8ccccc8)cc7c(c7c8cc9c(cc8n3c27)-c2ccccc2-c2ccccc2-c2ccccc2-9)c45)-c2ccccc2-c2ccccc2-c2ccccc2-6)cc1. The Hall–Kier alpha value is -13.2. The van der Waals surface area contributed by atoms with E-state index in [0.29, 0.717) is 0 Å². The van der Waals surface area contributed by atoms with Crippen LogP contribution in [0.15, 0.2) is 388 Å². The minimum atomic E-state index is -3.11. The molecule has 2 aliphatic rings. The van der Waals surface area contributed by atoms with Gasteiger partial charge in [-0.15, -0.1) is 0 Å². The molecule has 4 heteroatoms. The van der Waals surface area contributed by atoms with Crippen LogP contribution in [0, 0.1) is 0 Å². The Balaban J connectivity index is 0.965. The Morgan fingerprint density at radius 2 is 0.330 bits per heavy atom. The van der Waals surface area contributed by atoms with Crippen molar-refractivity contribution in [2.24, 2.45) is 0 Å². The normalized spacial score (nSPS) is 12.5. The third-order valence-electron chi connectivity index (χ3n) is 24.2. The van der Waals surface area contributed by atoms with Gasteiger partial charge in [0.15, 0.2) is 16.1 Å². The second-order valence-electron chi connectivity index (χ2n) is 29.1. The summed E-state index contributed by atoms with van der Waals surface area (Å²) in [6.07, 6.45) is 0. The lowest BCUT2D eigenvalue weighted by Crippen LogP contribution is -2.74. The van der Waals surface area contributed by atoms with Gasteiger partial charge in [-0.05, 0) is 167 Å². The van der Waals surface area contributed by atoms with Crippen LogP contribution in [0.25, 0.3) is 165 Å². The largest absolute Gasteiger partial charge is 0.308 e. The molecule has 0 fully saturated rings. The molecule has 23 rings (SSSR count). The summed E-state index contributed by atoms with van der Waals surface area (Å²) in [5.74, 6) is 0. The third-order valence-corrected chi connectivity index (χ3v) is 33.7. The summed E-state index contributed by atoms with van der Waals surface area (Å²) in [5.41, 5.74) is 27.0. The van der Waals surface area contributed by atoms with Crippen molar-refractivity contribution in [3.63, 3.8) is 0 Å². The maximum atomic E-state index is 2.73. The van der Waals surface area contributed by atoms with E-state index in [1.807, 2.05) is 0 Å². The van der Waals surface area contributed by atoms with E-state index in [2.05, 4.69) is 397 Å². The molecular weight excluding hydrogens is 1310 g/mol. The molecule has 0 spiro atoms. The first kappa shape index (κ1) is 59.3. The third kappa shape index (κ3) is 7.98. The highest BCUT2D eigenvalue weighted by atomic mass is 28.3. The molecule has 0 saturated carbocycles. The van der Waals surface area contributed by atoms with E-state index >= 15 is 0 Å². The predicted octanol–water partition coefficient (Wildman–Crippen LogP) is 20.7. The lowest BCUT2D eigenvalue weighted by molar-refractivity contribution is 1.37. The molecule has 17 aromatic carbocycles. The minimum Gasteiger partial charge on any atom is -0.308 e. The Labute approximate surface area is 615 Å². The molecule has 2 aliphatic carbocycles. The van der Waals surface area contributed by atoms with Crippen LogP contribution in [0.5, 0.6) is 0 Å². The van der Waals surface area contributed by atoms with Crippen LogP contribution in [0.3, 0.4) is 0 Å². The van der Waals surface area contributed by atoms with Crippen molar-refractivity contribution >= 4 is 134 Å². The first-order chi connectivity index (χ1) is 52.6. The molecule has 0 N–H and O–H groups in total. The Morgan fingerprint density at radius 3 is 0.557 bits per heavy atom. The van der Waals surface area contributed by atoms with Crippen LogP contribution in [-0.2, 0) is 0 Å². The van der Waals surface area contributed by atoms with E-state index in [4.69, 9.17) is 0 Å². The van der Waals surface area contributed by atoms with E-state index < -0.39 is 16.1 Å². The topological polar surface area (TPSA) is 8.82 Å². The van der Waals surface area contributed by atoms with Crippen molar-refractivity contribution in [2.75, 3.05) is 0 Å². The number of rotatable bonds is 8. The number of benzene rings is 17. The van der Waals surface area contributed by atoms with Crippen LogP contribution in [-0.4, -0.2) is 24.9 Å². The Kier molecular flexibility index (Phi) is 12.7. The summed E-state index contributed by atoms with van der Waals surface area (Å²) in [4.78, 5) is 0. The molecule has 0 saturated heterocycles. The van der Waals surface area contributed by atoms with E-state index in [1.165, 1.54) is 207 Å². The van der Waals surface area contributed by atoms with Gasteiger partial charge in [-0.2, -0.15) is 0 Å². The summed E-state index contributed by atoms with van der Waals surface area (Å²) >= 11 is 0. The van der Waals surface area contributed by atoms with Crippen LogP contribution in [0.2, 0.25) is 0 Å². The van der Waals surface area contributed by atoms with Gasteiger partial charge >= 0.3 is 0 Å². The van der Waals surface area contributed by atoms with Gasteiger partial charge in [0.05, 0.1) is 33.1 Å². The fraction of sp³-hybridized carbons (Fsp3) is 0. The van der Waals surface area contributed by atoms with Crippen molar-refractivity contribution in [1.29, 1.82) is 0 Å². The average molecular weight is 1370 g/mol. The van der Waals surface area contributed by atoms with Gasteiger partial charge in [0, 0.05) is 43.1 Å². The molecule has 106 heavy (non-hydrogen) atoms. The van der Waals surface area contributed by atoms with Gasteiger partial charge in [-0.25, -0.2) is 0 Å². The Morgan fingerprint density at radius 1 is 0.142 bits per heavy atom. The van der Waals surface area contributed by atoms with E-state index in [-0.39, 0.29) is 0 Å². The molecule has 4 aromatic heterocycles. The second-order valence-corrected chi connectivity index (χ2v) is 36.8. The van der Waals surface area contributed by atoms with Gasteiger partial charge in [0.1, 0.15) is 0 Å². The predicted molar refractivity (Wildman–Crippen MR) is 454 cm³/mol. The van der Waals surface area contributed by atoms with Crippen LogP contribution >= 0.6 is 0 Å². The molecule has 0 atom stereocenters. The lowest BCUT2D eigenvalue weighted by atomic mass is 9.80. The molecule has 0 amide bonds. The fourth-order valence-electron chi connectivity index (χ4n) is 20.0. The van der Waals surface area contributed by atoms with Crippen LogP contribution in [0.4, 0.5) is 0 Å². The number of nitrogens with zero attached hydrogens (tertiary/aromatic N) is 2. The molecule has 0 unspecified atom stereocenters. The summed E-state index contributed by atoms with van der Waals surface area (Å²) in [5, 5.41) is 20.9. The van der Waals surface area contributed by atoms with E-state index in [1.54, 1.807) is 0 Å². The maximum Gasteiger partial charge on any atom is 0.179 e. The van der Waals surface area contributed by atoms with Crippen molar-refractivity contribution in [3.8, 4) is 89.0 Å². The van der Waals surface area contributed by atoms with Crippen molar-refractivity contribution < 1.29 is 0 Å². The number of hydrogen-bond donors (Lipinski definition) is 0. The van der Waals surface area contributed by atoms with E-state index in [9.17, 15) is 0 Å². The summed E-state index contributed by atoms with van der Waals surface area (Å²) in [6.45, 7) is 0. The monoisotopic (exact) mass is 1370 g/mol. The number of aromatic nitrogens is 2. The first-order valence-electron chi connectivity index (χ1n) is 37.1.